The third kappa shape index (κ3) is 3.96. The van der Waals surface area contributed by atoms with E-state index in [9.17, 15) is 14.7 Å². The number of carbonyl (C=O) groups is 2. The van der Waals surface area contributed by atoms with Crippen LogP contribution >= 0.6 is 0 Å². The highest BCUT2D eigenvalue weighted by atomic mass is 16.6. The molecule has 0 bridgehead atoms. The number of aromatic hydroxyl groups is 1. The minimum atomic E-state index is -0.550. The average molecular weight is 358 g/mol. The third-order valence-corrected chi connectivity index (χ3v) is 3.93. The van der Waals surface area contributed by atoms with E-state index < -0.39 is 5.60 Å². The number of nitrogens with zero attached hydrogens (tertiary/aromatic N) is 2. The maximum atomic E-state index is 12.3. The number of aromatic nitrogens is 2. The molecular weight excluding hydrogens is 336 g/mol. The van der Waals surface area contributed by atoms with Gasteiger partial charge < -0.3 is 20.1 Å². The van der Waals surface area contributed by atoms with Crippen LogP contribution in [0.25, 0.3) is 0 Å². The molecule has 26 heavy (non-hydrogen) atoms. The lowest BCUT2D eigenvalue weighted by Gasteiger charge is -2.29. The summed E-state index contributed by atoms with van der Waals surface area (Å²) in [5.41, 5.74) is 1.44. The number of amides is 2. The highest BCUT2D eigenvalue weighted by molar-refractivity contribution is 6.04. The number of carbonyl (C=O) groups excluding carboxylic acids is 2. The Balaban J connectivity index is 1.69. The number of phenols is 1. The molecule has 2 amide bonds. The van der Waals surface area contributed by atoms with Crippen LogP contribution in [0.15, 0.2) is 24.3 Å². The van der Waals surface area contributed by atoms with E-state index in [1.54, 1.807) is 17.0 Å². The van der Waals surface area contributed by atoms with Gasteiger partial charge in [-0.25, -0.2) is 4.79 Å². The molecule has 0 saturated carbocycles. The van der Waals surface area contributed by atoms with E-state index in [2.05, 4.69) is 15.5 Å². The van der Waals surface area contributed by atoms with Gasteiger partial charge >= 0.3 is 6.09 Å². The Kier molecular flexibility index (Phi) is 4.58. The zero-order valence-electron chi connectivity index (χ0n) is 15.0. The zero-order chi connectivity index (χ0) is 18.9. The molecule has 8 nitrogen and oxygen atoms in total. The van der Waals surface area contributed by atoms with Crippen molar-refractivity contribution in [3.8, 4) is 5.75 Å². The summed E-state index contributed by atoms with van der Waals surface area (Å²) in [6.45, 7) is 6.30. The second-order valence-electron chi connectivity index (χ2n) is 7.19. The molecule has 3 rings (SSSR count). The maximum absolute atomic E-state index is 12.3. The van der Waals surface area contributed by atoms with E-state index in [1.807, 2.05) is 20.8 Å². The fourth-order valence-electron chi connectivity index (χ4n) is 2.73. The number of fused-ring (bicyclic) bond motifs is 1. The monoisotopic (exact) mass is 358 g/mol. The van der Waals surface area contributed by atoms with E-state index >= 15 is 0 Å². The Morgan fingerprint density at radius 2 is 2.12 bits per heavy atom. The van der Waals surface area contributed by atoms with Crippen molar-refractivity contribution in [1.29, 1.82) is 0 Å². The van der Waals surface area contributed by atoms with Gasteiger partial charge in [0.1, 0.15) is 11.4 Å². The summed E-state index contributed by atoms with van der Waals surface area (Å²) in [6, 6.07) is 6.10. The number of anilines is 1. The fourth-order valence-corrected chi connectivity index (χ4v) is 2.73. The number of H-pyrrole nitrogens is 1. The van der Waals surface area contributed by atoms with E-state index in [0.29, 0.717) is 30.9 Å². The molecule has 2 aromatic rings. The molecule has 1 aliphatic heterocycles. The molecule has 138 valence electrons. The van der Waals surface area contributed by atoms with Gasteiger partial charge in [-0.15, -0.1) is 0 Å². The molecule has 0 fully saturated rings. The predicted molar refractivity (Wildman–Crippen MR) is 95.0 cm³/mol. The standard InChI is InChI=1S/C18H22N4O4/c1-18(2,3)26-17(25)22-8-7-13-14(10-22)20-21-15(13)19-16(24)11-5-4-6-12(23)9-11/h4-6,9,23H,7-8,10H2,1-3H3,(H2,19,20,21,24). The molecule has 0 radical (unpaired) electrons. The van der Waals surface area contributed by atoms with E-state index in [4.69, 9.17) is 4.74 Å². The van der Waals surface area contributed by atoms with E-state index in [0.717, 1.165) is 11.3 Å². The van der Waals surface area contributed by atoms with Gasteiger partial charge in [-0.2, -0.15) is 5.10 Å². The summed E-state index contributed by atoms with van der Waals surface area (Å²) in [7, 11) is 0. The zero-order valence-corrected chi connectivity index (χ0v) is 15.0. The number of ether oxygens (including phenoxy) is 1. The molecule has 0 saturated heterocycles. The van der Waals surface area contributed by atoms with Crippen LogP contribution in [-0.4, -0.2) is 44.4 Å². The van der Waals surface area contributed by atoms with Crippen molar-refractivity contribution in [2.45, 2.75) is 39.3 Å². The molecule has 0 unspecified atom stereocenters. The van der Waals surface area contributed by atoms with Crippen molar-refractivity contribution in [2.24, 2.45) is 0 Å². The first-order chi connectivity index (χ1) is 12.2. The minimum absolute atomic E-state index is 0.0229. The maximum Gasteiger partial charge on any atom is 0.410 e. The number of hydrogen-bond donors (Lipinski definition) is 3. The summed E-state index contributed by atoms with van der Waals surface area (Å²) < 4.78 is 5.39. The lowest BCUT2D eigenvalue weighted by molar-refractivity contribution is 0.0221. The highest BCUT2D eigenvalue weighted by Crippen LogP contribution is 2.25. The summed E-state index contributed by atoms with van der Waals surface area (Å²) in [6.07, 6.45) is 0.184. The Morgan fingerprint density at radius 1 is 1.35 bits per heavy atom. The van der Waals surface area contributed by atoms with Gasteiger partial charge in [0, 0.05) is 17.7 Å². The first-order valence-corrected chi connectivity index (χ1v) is 8.37. The molecule has 1 aromatic heterocycles. The van der Waals surface area contributed by atoms with Gasteiger partial charge in [-0.05, 0) is 45.4 Å². The predicted octanol–water partition coefficient (Wildman–Crippen LogP) is 2.66. The molecule has 2 heterocycles. The number of hydrogen-bond acceptors (Lipinski definition) is 5. The van der Waals surface area contributed by atoms with Crippen molar-refractivity contribution in [3.63, 3.8) is 0 Å². The Hall–Kier alpha value is -3.03. The van der Waals surface area contributed by atoms with Gasteiger partial charge in [-0.3, -0.25) is 9.89 Å². The Bertz CT molecular complexity index is 838. The highest BCUT2D eigenvalue weighted by Gasteiger charge is 2.28. The molecule has 8 heteroatoms. The van der Waals surface area contributed by atoms with Crippen molar-refractivity contribution >= 4 is 17.8 Å². The van der Waals surface area contributed by atoms with Crippen molar-refractivity contribution in [3.05, 3.63) is 41.1 Å². The van der Waals surface area contributed by atoms with Crippen LogP contribution in [0.4, 0.5) is 10.6 Å². The molecule has 3 N–H and O–H groups in total. The van der Waals surface area contributed by atoms with Gasteiger partial charge in [0.2, 0.25) is 0 Å². The van der Waals surface area contributed by atoms with Gasteiger partial charge in [0.15, 0.2) is 5.82 Å². The molecule has 0 spiro atoms. The quantitative estimate of drug-likeness (QED) is 0.765. The first kappa shape index (κ1) is 17.8. The SMILES string of the molecule is CC(C)(C)OC(=O)N1CCc2c(NC(=O)c3cccc(O)c3)n[nH]c2C1. The lowest BCUT2D eigenvalue weighted by atomic mass is 10.1. The van der Waals surface area contributed by atoms with Crippen molar-refractivity contribution in [1.82, 2.24) is 15.1 Å². The molecule has 1 aromatic carbocycles. The van der Waals surface area contributed by atoms with Crippen molar-refractivity contribution < 1.29 is 19.4 Å². The second kappa shape index (κ2) is 6.70. The van der Waals surface area contributed by atoms with Crippen LogP contribution in [0, 0.1) is 0 Å². The van der Waals surface area contributed by atoms with Crippen LogP contribution in [0.2, 0.25) is 0 Å². The molecule has 0 atom stereocenters. The minimum Gasteiger partial charge on any atom is -0.508 e. The van der Waals surface area contributed by atoms with E-state index in [-0.39, 0.29) is 17.7 Å². The smallest absolute Gasteiger partial charge is 0.410 e. The van der Waals surface area contributed by atoms with Crippen LogP contribution in [-0.2, 0) is 17.7 Å². The van der Waals surface area contributed by atoms with Crippen LogP contribution in [0.1, 0.15) is 42.4 Å². The topological polar surface area (TPSA) is 108 Å². The number of nitrogens with one attached hydrogen (secondary N) is 2. The summed E-state index contributed by atoms with van der Waals surface area (Å²) >= 11 is 0. The fraction of sp³-hybridized carbons (Fsp3) is 0.389. The Morgan fingerprint density at radius 3 is 2.81 bits per heavy atom. The summed E-state index contributed by atoms with van der Waals surface area (Å²) in [5.74, 6) is 0.108. The lowest BCUT2D eigenvalue weighted by Crippen LogP contribution is -2.39. The number of rotatable bonds is 2. The van der Waals surface area contributed by atoms with Crippen LogP contribution in [0.3, 0.4) is 0 Å². The van der Waals surface area contributed by atoms with Gasteiger partial charge in [0.25, 0.3) is 5.91 Å². The normalized spacial score (nSPS) is 13.9. The molecule has 0 aliphatic carbocycles. The Labute approximate surface area is 151 Å². The second-order valence-corrected chi connectivity index (χ2v) is 7.19. The largest absolute Gasteiger partial charge is 0.508 e. The van der Waals surface area contributed by atoms with Gasteiger partial charge in [-0.1, -0.05) is 6.07 Å². The molecular formula is C18H22N4O4. The van der Waals surface area contributed by atoms with Gasteiger partial charge in [0.05, 0.1) is 12.2 Å². The summed E-state index contributed by atoms with van der Waals surface area (Å²) in [5, 5.41) is 19.3. The van der Waals surface area contributed by atoms with Crippen LogP contribution < -0.4 is 5.32 Å². The van der Waals surface area contributed by atoms with Crippen molar-refractivity contribution in [2.75, 3.05) is 11.9 Å². The number of benzene rings is 1. The third-order valence-electron chi connectivity index (χ3n) is 3.93. The number of aromatic amines is 1. The molecule has 1 aliphatic rings. The van der Waals surface area contributed by atoms with Crippen LogP contribution in [0.5, 0.6) is 5.75 Å². The number of phenolic OH excluding ortho intramolecular Hbond substituents is 1. The van der Waals surface area contributed by atoms with E-state index in [1.165, 1.54) is 12.1 Å². The average Bonchev–Trinajstić information content (AvgIpc) is 2.95. The summed E-state index contributed by atoms with van der Waals surface area (Å²) in [4.78, 5) is 26.1. The first-order valence-electron chi connectivity index (χ1n) is 8.37.